The topological polar surface area (TPSA) is 141 Å². The monoisotopic (exact) mass is 366 g/mol. The van der Waals surface area contributed by atoms with Gasteiger partial charge in [-0.3, -0.25) is 13.8 Å². The third kappa shape index (κ3) is 3.21. The molecule has 4 atom stereocenters. The third-order valence-electron chi connectivity index (χ3n) is 5.50. The molecule has 0 radical (unpaired) electrons. The molecule has 10 heteroatoms. The number of carbonyl (C=O) groups excluding carboxylic acids is 1. The average molecular weight is 366 g/mol. The standard InChI is InChI=1S/C13H21NO7S2/c1-12(2)8-3-4-13(12,10(15)5-8)7-23(20,21)14-9(11(16)17)6-22(18)19/h8-9,14H,3-7H2,1-2H3,(H,16,17)(H,18,19)/p-1/t8?,9-,13+/m0/s1. The van der Waals surface area contributed by atoms with Crippen LogP contribution in [0.1, 0.15) is 33.1 Å². The number of aliphatic carboxylic acids is 1. The summed E-state index contributed by atoms with van der Waals surface area (Å²) in [5.74, 6) is -2.91. The van der Waals surface area contributed by atoms with Crippen LogP contribution in [0.2, 0.25) is 0 Å². The van der Waals surface area contributed by atoms with E-state index in [9.17, 15) is 26.8 Å². The summed E-state index contributed by atoms with van der Waals surface area (Å²) in [5, 5.41) is 8.96. The van der Waals surface area contributed by atoms with E-state index < -0.39 is 55.5 Å². The highest BCUT2D eigenvalue weighted by Gasteiger charge is 2.65. The molecule has 2 aliphatic rings. The summed E-state index contributed by atoms with van der Waals surface area (Å²) >= 11 is -2.71. The van der Waals surface area contributed by atoms with Gasteiger partial charge in [0.25, 0.3) is 0 Å². The number of ketones is 1. The maximum absolute atomic E-state index is 12.4. The molecule has 2 aliphatic carbocycles. The van der Waals surface area contributed by atoms with Crippen molar-refractivity contribution >= 4 is 32.9 Å². The number of rotatable bonds is 7. The molecule has 2 unspecified atom stereocenters. The van der Waals surface area contributed by atoms with Crippen LogP contribution < -0.4 is 4.72 Å². The molecule has 8 nitrogen and oxygen atoms in total. The second-order valence-corrected chi connectivity index (χ2v) is 9.60. The van der Waals surface area contributed by atoms with Crippen LogP contribution in [0.4, 0.5) is 0 Å². The van der Waals surface area contributed by atoms with Crippen LogP contribution in [0, 0.1) is 16.7 Å². The number of carbonyl (C=O) groups is 2. The lowest BCUT2D eigenvalue weighted by Gasteiger charge is -2.36. The second kappa shape index (κ2) is 5.91. The van der Waals surface area contributed by atoms with Crippen molar-refractivity contribution in [2.75, 3.05) is 11.5 Å². The number of carboxylic acids is 1. The van der Waals surface area contributed by atoms with Gasteiger partial charge in [0.1, 0.15) is 11.8 Å². The number of sulfonamides is 1. The van der Waals surface area contributed by atoms with Crippen LogP contribution >= 0.6 is 0 Å². The Morgan fingerprint density at radius 3 is 2.52 bits per heavy atom. The van der Waals surface area contributed by atoms with Crippen molar-refractivity contribution in [2.45, 2.75) is 39.2 Å². The van der Waals surface area contributed by atoms with Crippen LogP contribution in [-0.2, 0) is 30.7 Å². The smallest absolute Gasteiger partial charge is 0.322 e. The summed E-state index contributed by atoms with van der Waals surface area (Å²) in [5.41, 5.74) is -1.50. The zero-order valence-corrected chi connectivity index (χ0v) is 14.5. The first kappa shape index (κ1) is 18.5. The number of hydrogen-bond donors (Lipinski definition) is 2. The van der Waals surface area contributed by atoms with Crippen molar-refractivity contribution in [1.29, 1.82) is 0 Å². The fourth-order valence-corrected chi connectivity index (χ4v) is 6.61. The predicted molar refractivity (Wildman–Crippen MR) is 80.7 cm³/mol. The molecule has 0 amide bonds. The Labute approximate surface area is 137 Å². The van der Waals surface area contributed by atoms with E-state index in [-0.39, 0.29) is 11.7 Å². The normalized spacial score (nSPS) is 32.0. The van der Waals surface area contributed by atoms with Crippen LogP contribution in [0.15, 0.2) is 0 Å². The molecular weight excluding hydrogens is 346 g/mol. The van der Waals surface area contributed by atoms with Crippen LogP contribution in [0.5, 0.6) is 0 Å². The van der Waals surface area contributed by atoms with Crippen LogP contribution in [-0.4, -0.2) is 51.6 Å². The fraction of sp³-hybridized carbons (Fsp3) is 0.846. The van der Waals surface area contributed by atoms with Gasteiger partial charge in [-0.25, -0.2) is 8.42 Å². The van der Waals surface area contributed by atoms with Gasteiger partial charge in [0.05, 0.1) is 5.75 Å². The predicted octanol–water partition coefficient (Wildman–Crippen LogP) is -0.366. The molecule has 0 saturated heterocycles. The Bertz CT molecular complexity index is 657. The van der Waals surface area contributed by atoms with Gasteiger partial charge in [-0.1, -0.05) is 24.9 Å². The van der Waals surface area contributed by atoms with E-state index >= 15 is 0 Å². The molecule has 2 rings (SSSR count). The van der Waals surface area contributed by atoms with E-state index in [1.54, 1.807) is 0 Å². The fourth-order valence-electron chi connectivity index (χ4n) is 3.98. The van der Waals surface area contributed by atoms with Crippen molar-refractivity contribution < 1.29 is 31.9 Å². The molecule has 2 fully saturated rings. The number of carboxylic acid groups (broad SMARTS) is 1. The summed E-state index contributed by atoms with van der Waals surface area (Å²) in [7, 11) is -4.13. The zero-order chi connectivity index (χ0) is 17.6. The van der Waals surface area contributed by atoms with E-state index in [1.807, 2.05) is 18.6 Å². The molecule has 132 valence electrons. The first-order valence-corrected chi connectivity index (χ1v) is 10.1. The highest BCUT2D eigenvalue weighted by molar-refractivity contribution is 7.89. The van der Waals surface area contributed by atoms with E-state index in [0.717, 1.165) is 6.42 Å². The molecule has 0 aromatic rings. The average Bonchev–Trinajstić information content (AvgIpc) is 2.70. The van der Waals surface area contributed by atoms with Gasteiger partial charge in [-0.2, -0.15) is 4.72 Å². The highest BCUT2D eigenvalue weighted by atomic mass is 32.2. The van der Waals surface area contributed by atoms with Crippen molar-refractivity contribution in [3.63, 3.8) is 0 Å². The summed E-state index contributed by atoms with van der Waals surface area (Å²) in [6.07, 6.45) is 1.56. The zero-order valence-electron chi connectivity index (χ0n) is 12.9. The Kier molecular flexibility index (Phi) is 4.75. The van der Waals surface area contributed by atoms with E-state index in [4.69, 9.17) is 5.11 Å². The van der Waals surface area contributed by atoms with E-state index in [0.29, 0.717) is 12.8 Å². The van der Waals surface area contributed by atoms with E-state index in [1.165, 1.54) is 0 Å². The molecule has 2 saturated carbocycles. The van der Waals surface area contributed by atoms with E-state index in [2.05, 4.69) is 0 Å². The quantitative estimate of drug-likeness (QED) is 0.586. The summed E-state index contributed by atoms with van der Waals surface area (Å²) in [6.45, 7) is 3.74. The lowest BCUT2D eigenvalue weighted by molar-refractivity contribution is -0.138. The Hall–Kier alpha value is -0.840. The minimum atomic E-state index is -4.13. The molecular formula is C13H20NO7S2-. The summed E-state index contributed by atoms with van der Waals surface area (Å²) in [6, 6.07) is -1.76. The molecule has 0 heterocycles. The molecule has 23 heavy (non-hydrogen) atoms. The SMILES string of the molecule is CC1(C)C2CC[C@@]1(CS(=O)(=O)N[C@@H](CS(=O)[O-])C(=O)O)C(=O)C2. The van der Waals surface area contributed by atoms with Crippen molar-refractivity contribution in [2.24, 2.45) is 16.7 Å². The first-order chi connectivity index (χ1) is 10.4. The van der Waals surface area contributed by atoms with Gasteiger partial charge in [-0.05, 0) is 24.2 Å². The van der Waals surface area contributed by atoms with Crippen molar-refractivity contribution in [3.8, 4) is 0 Å². The molecule has 0 aliphatic heterocycles. The highest BCUT2D eigenvalue weighted by Crippen LogP contribution is 2.64. The summed E-state index contributed by atoms with van der Waals surface area (Å²) < 4.78 is 48.0. The lowest BCUT2D eigenvalue weighted by atomic mass is 9.70. The number of fused-ring (bicyclic) bond motifs is 2. The third-order valence-corrected chi connectivity index (χ3v) is 7.62. The first-order valence-electron chi connectivity index (χ1n) is 7.23. The maximum atomic E-state index is 12.4. The van der Waals surface area contributed by atoms with Gasteiger partial charge < -0.3 is 9.66 Å². The van der Waals surface area contributed by atoms with Gasteiger partial charge >= 0.3 is 5.97 Å². The number of nitrogens with one attached hydrogen (secondary N) is 1. The van der Waals surface area contributed by atoms with Gasteiger partial charge in [-0.15, -0.1) is 0 Å². The van der Waals surface area contributed by atoms with Gasteiger partial charge in [0.15, 0.2) is 0 Å². The maximum Gasteiger partial charge on any atom is 0.322 e. The van der Waals surface area contributed by atoms with Crippen LogP contribution in [0.3, 0.4) is 0 Å². The van der Waals surface area contributed by atoms with Crippen molar-refractivity contribution in [1.82, 2.24) is 4.72 Å². The lowest BCUT2D eigenvalue weighted by Crippen LogP contribution is -2.50. The van der Waals surface area contributed by atoms with Gasteiger partial charge in [0, 0.05) is 17.6 Å². The molecule has 0 spiro atoms. The van der Waals surface area contributed by atoms with Crippen LogP contribution in [0.25, 0.3) is 0 Å². The molecule has 0 aromatic carbocycles. The number of Topliss-reactive ketones (excluding diaryl/α,β-unsaturated/α-hetero) is 1. The Morgan fingerprint density at radius 2 is 2.13 bits per heavy atom. The Balaban J connectivity index is 2.22. The minimum absolute atomic E-state index is 0.108. The largest absolute Gasteiger partial charge is 0.772 e. The second-order valence-electron chi connectivity index (χ2n) is 6.90. The molecule has 2 N–H and O–H groups in total. The summed E-state index contributed by atoms with van der Waals surface area (Å²) in [4.78, 5) is 23.4. The molecule has 2 bridgehead atoms. The minimum Gasteiger partial charge on any atom is -0.772 e. The Morgan fingerprint density at radius 1 is 1.52 bits per heavy atom. The number of hydrogen-bond acceptors (Lipinski definition) is 6. The van der Waals surface area contributed by atoms with Gasteiger partial charge in [0.2, 0.25) is 10.0 Å². The molecule has 0 aromatic heterocycles. The van der Waals surface area contributed by atoms with Crippen molar-refractivity contribution in [3.05, 3.63) is 0 Å².